The van der Waals surface area contributed by atoms with Crippen LogP contribution in [-0.4, -0.2) is 49.3 Å². The fourth-order valence-corrected chi connectivity index (χ4v) is 5.71. The molecule has 1 spiro atoms. The Morgan fingerprint density at radius 1 is 1.32 bits per heavy atom. The largest absolute Gasteiger partial charge is 0.374 e. The molecule has 3 rings (SSSR count). The topological polar surface area (TPSA) is 37.4 Å². The molecule has 1 aliphatic carbocycles. The van der Waals surface area contributed by atoms with Gasteiger partial charge in [-0.3, -0.25) is 4.90 Å². The predicted octanol–water partition coefficient (Wildman–Crippen LogP) is 3.95. The van der Waals surface area contributed by atoms with Crippen molar-refractivity contribution in [3.05, 3.63) is 15.6 Å². The Morgan fingerprint density at radius 2 is 2.04 bits per heavy atom. The van der Waals surface area contributed by atoms with E-state index < -0.39 is 0 Å². The maximum absolute atomic E-state index is 6.30. The molecule has 1 N–H and O–H groups in total. The summed E-state index contributed by atoms with van der Waals surface area (Å²) in [6, 6.07) is 0. The summed E-state index contributed by atoms with van der Waals surface area (Å²) < 4.78 is 6.30. The molecule has 142 valence electrons. The molecule has 1 aliphatic heterocycles. The van der Waals surface area contributed by atoms with E-state index >= 15 is 0 Å². The lowest BCUT2D eigenvalue weighted by atomic mass is 9.73. The highest BCUT2D eigenvalue weighted by atomic mass is 32.1. The zero-order valence-electron chi connectivity index (χ0n) is 16.7. The van der Waals surface area contributed by atoms with Gasteiger partial charge in [-0.1, -0.05) is 13.8 Å². The highest BCUT2D eigenvalue weighted by molar-refractivity contribution is 7.11. The van der Waals surface area contributed by atoms with Gasteiger partial charge in [0.2, 0.25) is 0 Å². The molecule has 0 bridgehead atoms. The minimum Gasteiger partial charge on any atom is -0.374 e. The minimum absolute atomic E-state index is 0.170. The van der Waals surface area contributed by atoms with E-state index in [0.29, 0.717) is 11.3 Å². The minimum atomic E-state index is 0.170. The van der Waals surface area contributed by atoms with Gasteiger partial charge in [0.1, 0.15) is 0 Å². The number of nitrogens with zero attached hydrogens (tertiary/aromatic N) is 2. The molecule has 0 unspecified atom stereocenters. The van der Waals surface area contributed by atoms with Crippen LogP contribution in [0.25, 0.3) is 0 Å². The van der Waals surface area contributed by atoms with Crippen molar-refractivity contribution in [1.82, 2.24) is 15.2 Å². The summed E-state index contributed by atoms with van der Waals surface area (Å²) in [5.74, 6) is 0.678. The number of rotatable bonds is 6. The first kappa shape index (κ1) is 19.3. The van der Waals surface area contributed by atoms with Crippen LogP contribution in [0.1, 0.15) is 67.4 Å². The standard InChI is InChI=1S/C20H35N3OS/c1-15-22-17(12-23(5)11-10-21-4)18(25-15)16-6-8-20(9-7-16)13-19(2,3)14-24-20/h16,21H,6-14H2,1-5H3. The lowest BCUT2D eigenvalue weighted by Crippen LogP contribution is -2.33. The van der Waals surface area contributed by atoms with Crippen molar-refractivity contribution in [2.24, 2.45) is 5.41 Å². The molecule has 2 fully saturated rings. The fraction of sp³-hybridized carbons (Fsp3) is 0.850. The van der Waals surface area contributed by atoms with E-state index in [1.54, 1.807) is 4.88 Å². The summed E-state index contributed by atoms with van der Waals surface area (Å²) in [4.78, 5) is 8.79. The Labute approximate surface area is 157 Å². The molecule has 1 saturated heterocycles. The maximum Gasteiger partial charge on any atom is 0.0900 e. The quantitative estimate of drug-likeness (QED) is 0.828. The molecule has 0 atom stereocenters. The summed E-state index contributed by atoms with van der Waals surface area (Å²) >= 11 is 1.92. The Bertz CT molecular complexity index is 575. The Hall–Kier alpha value is -0.490. The van der Waals surface area contributed by atoms with E-state index in [1.165, 1.54) is 42.8 Å². The van der Waals surface area contributed by atoms with Crippen LogP contribution < -0.4 is 5.32 Å². The lowest BCUT2D eigenvalue weighted by Gasteiger charge is -2.37. The van der Waals surface area contributed by atoms with Crippen molar-refractivity contribution in [2.45, 2.75) is 70.9 Å². The number of ether oxygens (including phenoxy) is 1. The summed E-state index contributed by atoms with van der Waals surface area (Å²) in [6.45, 7) is 10.8. The van der Waals surface area contributed by atoms with Crippen LogP contribution >= 0.6 is 11.3 Å². The molecule has 1 saturated carbocycles. The molecular formula is C20H35N3OS. The molecule has 25 heavy (non-hydrogen) atoms. The zero-order valence-corrected chi connectivity index (χ0v) is 17.5. The molecule has 0 radical (unpaired) electrons. The van der Waals surface area contributed by atoms with Gasteiger partial charge in [0, 0.05) is 24.5 Å². The number of aryl methyl sites for hydroxylation is 1. The van der Waals surface area contributed by atoms with Gasteiger partial charge in [-0.15, -0.1) is 11.3 Å². The third-order valence-electron chi connectivity index (χ3n) is 5.84. The van der Waals surface area contributed by atoms with Crippen molar-refractivity contribution in [1.29, 1.82) is 0 Å². The van der Waals surface area contributed by atoms with Gasteiger partial charge in [0.05, 0.1) is 22.9 Å². The van der Waals surface area contributed by atoms with Crippen LogP contribution in [0.15, 0.2) is 0 Å². The summed E-state index contributed by atoms with van der Waals surface area (Å²) in [7, 11) is 4.20. The second-order valence-electron chi connectivity index (χ2n) is 8.97. The SMILES string of the molecule is CNCCN(C)Cc1nc(C)sc1C1CCC2(CC1)CC(C)(C)CO2. The van der Waals surface area contributed by atoms with E-state index in [2.05, 4.69) is 38.0 Å². The second kappa shape index (κ2) is 7.63. The Balaban J connectivity index is 1.63. The summed E-state index contributed by atoms with van der Waals surface area (Å²) in [5.41, 5.74) is 1.84. The van der Waals surface area contributed by atoms with Crippen molar-refractivity contribution in [3.63, 3.8) is 0 Å². The van der Waals surface area contributed by atoms with E-state index in [1.807, 2.05) is 18.4 Å². The monoisotopic (exact) mass is 365 g/mol. The first-order valence-corrected chi connectivity index (χ1v) is 10.6. The molecule has 0 amide bonds. The first-order valence-electron chi connectivity index (χ1n) is 9.76. The van der Waals surface area contributed by atoms with Crippen LogP contribution in [0.4, 0.5) is 0 Å². The zero-order chi connectivity index (χ0) is 18.1. The normalized spacial score (nSPS) is 29.0. The molecule has 2 aliphatic rings. The predicted molar refractivity (Wildman–Crippen MR) is 105 cm³/mol. The van der Waals surface area contributed by atoms with Crippen LogP contribution in [0.3, 0.4) is 0 Å². The van der Waals surface area contributed by atoms with Crippen LogP contribution in [0.5, 0.6) is 0 Å². The Morgan fingerprint density at radius 3 is 2.64 bits per heavy atom. The number of likely N-dealkylation sites (N-methyl/N-ethyl adjacent to an activating group) is 2. The van der Waals surface area contributed by atoms with Gasteiger partial charge in [-0.25, -0.2) is 4.98 Å². The smallest absolute Gasteiger partial charge is 0.0900 e. The van der Waals surface area contributed by atoms with E-state index in [-0.39, 0.29) is 5.60 Å². The average Bonchev–Trinajstić information content (AvgIpc) is 3.06. The highest BCUT2D eigenvalue weighted by Gasteiger charge is 2.46. The van der Waals surface area contributed by atoms with Gasteiger partial charge in [-0.05, 0) is 64.5 Å². The fourth-order valence-electron chi connectivity index (χ4n) is 4.61. The maximum atomic E-state index is 6.30. The summed E-state index contributed by atoms with van der Waals surface area (Å²) in [6.07, 6.45) is 6.17. The van der Waals surface area contributed by atoms with Crippen LogP contribution in [0.2, 0.25) is 0 Å². The van der Waals surface area contributed by atoms with E-state index in [0.717, 1.165) is 26.2 Å². The van der Waals surface area contributed by atoms with Crippen LogP contribution in [-0.2, 0) is 11.3 Å². The van der Waals surface area contributed by atoms with Gasteiger partial charge in [-0.2, -0.15) is 0 Å². The number of aromatic nitrogens is 1. The first-order chi connectivity index (χ1) is 11.8. The molecule has 2 heterocycles. The third kappa shape index (κ3) is 4.62. The summed E-state index contributed by atoms with van der Waals surface area (Å²) in [5, 5.41) is 4.44. The van der Waals surface area contributed by atoms with E-state index in [9.17, 15) is 0 Å². The van der Waals surface area contributed by atoms with Gasteiger partial charge in [0.25, 0.3) is 0 Å². The second-order valence-corrected chi connectivity index (χ2v) is 10.2. The highest BCUT2D eigenvalue weighted by Crippen LogP contribution is 2.50. The number of hydrogen-bond acceptors (Lipinski definition) is 5. The third-order valence-corrected chi connectivity index (χ3v) is 7.01. The van der Waals surface area contributed by atoms with Gasteiger partial charge >= 0.3 is 0 Å². The number of hydrogen-bond donors (Lipinski definition) is 1. The van der Waals surface area contributed by atoms with Crippen LogP contribution in [0, 0.1) is 12.3 Å². The van der Waals surface area contributed by atoms with Crippen molar-refractivity contribution < 1.29 is 4.74 Å². The molecule has 4 nitrogen and oxygen atoms in total. The molecule has 0 aromatic carbocycles. The van der Waals surface area contributed by atoms with Crippen molar-refractivity contribution in [3.8, 4) is 0 Å². The molecule has 1 aromatic heterocycles. The van der Waals surface area contributed by atoms with Crippen molar-refractivity contribution in [2.75, 3.05) is 33.8 Å². The number of nitrogens with one attached hydrogen (secondary N) is 1. The Kier molecular flexibility index (Phi) is 5.88. The molecule has 1 aromatic rings. The van der Waals surface area contributed by atoms with Gasteiger partial charge < -0.3 is 10.1 Å². The molecule has 5 heteroatoms. The lowest BCUT2D eigenvalue weighted by molar-refractivity contribution is -0.0292. The van der Waals surface area contributed by atoms with Gasteiger partial charge in [0.15, 0.2) is 0 Å². The van der Waals surface area contributed by atoms with E-state index in [4.69, 9.17) is 9.72 Å². The number of thiazole rings is 1. The average molecular weight is 366 g/mol. The molecular weight excluding hydrogens is 330 g/mol. The van der Waals surface area contributed by atoms with Crippen molar-refractivity contribution >= 4 is 11.3 Å².